The smallest absolute Gasteiger partial charge is 0.137 e. The Morgan fingerprint density at radius 2 is 2.15 bits per heavy atom. The molecule has 0 amide bonds. The average Bonchev–Trinajstić information content (AvgIpc) is 2.49. The van der Waals surface area contributed by atoms with Crippen molar-refractivity contribution in [1.29, 1.82) is 0 Å². The van der Waals surface area contributed by atoms with Crippen molar-refractivity contribution in [3.63, 3.8) is 0 Å². The fraction of sp³-hybridized carbons (Fsp3) is 0.688. The first kappa shape index (κ1) is 15.6. The third kappa shape index (κ3) is 4.67. The molecule has 0 saturated carbocycles. The molecule has 1 atom stereocenters. The van der Waals surface area contributed by atoms with Crippen LogP contribution in [-0.4, -0.2) is 29.6 Å². The van der Waals surface area contributed by atoms with Gasteiger partial charge in [-0.3, -0.25) is 4.98 Å². The van der Waals surface area contributed by atoms with Crippen molar-refractivity contribution in [2.24, 2.45) is 5.92 Å². The van der Waals surface area contributed by atoms with Crippen molar-refractivity contribution in [2.45, 2.75) is 39.2 Å². The van der Waals surface area contributed by atoms with Crippen molar-refractivity contribution >= 4 is 11.8 Å². The molecule has 0 aromatic carbocycles. The molecule has 1 unspecified atom stereocenters. The van der Waals surface area contributed by atoms with Crippen LogP contribution in [0.5, 0.6) is 5.75 Å². The summed E-state index contributed by atoms with van der Waals surface area (Å²) in [5.41, 5.74) is 1.26. The molecule has 1 fully saturated rings. The molecule has 3 nitrogen and oxygen atoms in total. The Labute approximate surface area is 126 Å². The summed E-state index contributed by atoms with van der Waals surface area (Å²) in [4.78, 5) is 4.33. The molecule has 1 aromatic rings. The molecule has 4 heteroatoms. The van der Waals surface area contributed by atoms with Crippen LogP contribution in [0.15, 0.2) is 18.5 Å². The van der Waals surface area contributed by atoms with Gasteiger partial charge in [0, 0.05) is 12.2 Å². The molecule has 1 N–H and O–H groups in total. The number of hydrogen-bond donors (Lipinski definition) is 1. The van der Waals surface area contributed by atoms with E-state index in [9.17, 15) is 0 Å². The largest absolute Gasteiger partial charge is 0.492 e. The van der Waals surface area contributed by atoms with Gasteiger partial charge in [0.05, 0.1) is 12.8 Å². The van der Waals surface area contributed by atoms with Crippen LogP contribution in [0.25, 0.3) is 0 Å². The standard InChI is InChI=1S/C16H26N2OS/c1-3-18-16(9-13-5-7-20-8-6-13)14-10-15(19-4-2)12-17-11-14/h10-13,16,18H,3-9H2,1-2H3. The van der Waals surface area contributed by atoms with Gasteiger partial charge in [-0.1, -0.05) is 6.92 Å². The van der Waals surface area contributed by atoms with Crippen molar-refractivity contribution in [3.8, 4) is 5.75 Å². The summed E-state index contributed by atoms with van der Waals surface area (Å²) in [5.74, 6) is 4.37. The fourth-order valence-electron chi connectivity index (χ4n) is 2.77. The van der Waals surface area contributed by atoms with Crippen LogP contribution in [0, 0.1) is 5.92 Å². The molecular weight excluding hydrogens is 268 g/mol. The lowest BCUT2D eigenvalue weighted by atomic mass is 9.91. The van der Waals surface area contributed by atoms with Crippen LogP contribution in [0.3, 0.4) is 0 Å². The highest BCUT2D eigenvalue weighted by Crippen LogP contribution is 2.31. The third-order valence-corrected chi connectivity index (χ3v) is 4.86. The van der Waals surface area contributed by atoms with Crippen LogP contribution >= 0.6 is 11.8 Å². The molecule has 1 aromatic heterocycles. The molecule has 0 radical (unpaired) electrons. The van der Waals surface area contributed by atoms with E-state index in [1.165, 1.54) is 36.3 Å². The van der Waals surface area contributed by atoms with Gasteiger partial charge < -0.3 is 10.1 Å². The highest BCUT2D eigenvalue weighted by atomic mass is 32.2. The molecule has 1 saturated heterocycles. The molecule has 0 spiro atoms. The summed E-state index contributed by atoms with van der Waals surface area (Å²) < 4.78 is 5.57. The normalized spacial score (nSPS) is 17.9. The quantitative estimate of drug-likeness (QED) is 0.832. The van der Waals surface area contributed by atoms with Crippen LogP contribution in [-0.2, 0) is 0 Å². The molecule has 1 aliphatic rings. The van der Waals surface area contributed by atoms with E-state index in [-0.39, 0.29) is 0 Å². The fourth-order valence-corrected chi connectivity index (χ4v) is 3.97. The van der Waals surface area contributed by atoms with Gasteiger partial charge in [0.1, 0.15) is 5.75 Å². The zero-order chi connectivity index (χ0) is 14.2. The Kier molecular flexibility index (Phi) is 6.67. The minimum atomic E-state index is 0.404. The van der Waals surface area contributed by atoms with Crippen LogP contribution < -0.4 is 10.1 Å². The molecule has 1 aliphatic heterocycles. The number of hydrogen-bond acceptors (Lipinski definition) is 4. The monoisotopic (exact) mass is 294 g/mol. The number of ether oxygens (including phenoxy) is 1. The highest BCUT2D eigenvalue weighted by Gasteiger charge is 2.20. The second-order valence-electron chi connectivity index (χ2n) is 5.29. The first-order valence-electron chi connectivity index (χ1n) is 7.72. The van der Waals surface area contributed by atoms with E-state index in [1.807, 2.05) is 13.1 Å². The number of nitrogens with zero attached hydrogens (tertiary/aromatic N) is 1. The summed E-state index contributed by atoms with van der Waals surface area (Å²) in [6.45, 7) is 5.86. The van der Waals surface area contributed by atoms with Gasteiger partial charge in [-0.05, 0) is 61.8 Å². The second-order valence-corrected chi connectivity index (χ2v) is 6.51. The van der Waals surface area contributed by atoms with Crippen LogP contribution in [0.1, 0.15) is 44.7 Å². The van der Waals surface area contributed by atoms with E-state index in [0.29, 0.717) is 12.6 Å². The molecule has 2 rings (SSSR count). The maximum absolute atomic E-state index is 5.57. The molecule has 2 heterocycles. The van der Waals surface area contributed by atoms with E-state index in [1.54, 1.807) is 6.20 Å². The number of nitrogens with one attached hydrogen (secondary N) is 1. The average molecular weight is 294 g/mol. The van der Waals surface area contributed by atoms with Gasteiger partial charge >= 0.3 is 0 Å². The Morgan fingerprint density at radius 3 is 2.85 bits per heavy atom. The van der Waals surface area contributed by atoms with Gasteiger partial charge in [0.15, 0.2) is 0 Å². The highest BCUT2D eigenvalue weighted by molar-refractivity contribution is 7.99. The lowest BCUT2D eigenvalue weighted by Gasteiger charge is -2.27. The summed E-state index contributed by atoms with van der Waals surface area (Å²) >= 11 is 2.09. The zero-order valence-corrected chi connectivity index (χ0v) is 13.4. The van der Waals surface area contributed by atoms with Gasteiger partial charge in [-0.2, -0.15) is 11.8 Å². The minimum Gasteiger partial charge on any atom is -0.492 e. The number of thioether (sulfide) groups is 1. The summed E-state index contributed by atoms with van der Waals surface area (Å²) in [6, 6.07) is 2.54. The molecule has 0 aliphatic carbocycles. The van der Waals surface area contributed by atoms with Gasteiger partial charge in [-0.15, -0.1) is 0 Å². The second kappa shape index (κ2) is 8.53. The van der Waals surface area contributed by atoms with E-state index in [4.69, 9.17) is 4.74 Å². The maximum Gasteiger partial charge on any atom is 0.137 e. The predicted octanol–water partition coefficient (Wildman–Crippen LogP) is 3.66. The van der Waals surface area contributed by atoms with Crippen molar-refractivity contribution in [2.75, 3.05) is 24.7 Å². The number of rotatable bonds is 7. The van der Waals surface area contributed by atoms with Crippen molar-refractivity contribution in [1.82, 2.24) is 10.3 Å². The van der Waals surface area contributed by atoms with Gasteiger partial charge in [0.25, 0.3) is 0 Å². The van der Waals surface area contributed by atoms with Gasteiger partial charge in [-0.25, -0.2) is 0 Å². The van der Waals surface area contributed by atoms with E-state index in [0.717, 1.165) is 18.2 Å². The number of aromatic nitrogens is 1. The summed E-state index contributed by atoms with van der Waals surface area (Å²) in [5, 5.41) is 3.61. The Bertz CT molecular complexity index is 394. The lowest BCUT2D eigenvalue weighted by molar-refractivity contribution is 0.335. The first-order chi connectivity index (χ1) is 9.83. The summed E-state index contributed by atoms with van der Waals surface area (Å²) in [7, 11) is 0. The van der Waals surface area contributed by atoms with E-state index >= 15 is 0 Å². The zero-order valence-electron chi connectivity index (χ0n) is 12.6. The lowest BCUT2D eigenvalue weighted by Crippen LogP contribution is -2.25. The molecule has 20 heavy (non-hydrogen) atoms. The Morgan fingerprint density at radius 1 is 1.35 bits per heavy atom. The van der Waals surface area contributed by atoms with E-state index in [2.05, 4.69) is 35.1 Å². The SMILES string of the molecule is CCNC(CC1CCSCC1)c1cncc(OCC)c1. The minimum absolute atomic E-state index is 0.404. The Balaban J connectivity index is 2.04. The molecule has 112 valence electrons. The first-order valence-corrected chi connectivity index (χ1v) is 8.87. The van der Waals surface area contributed by atoms with Crippen molar-refractivity contribution < 1.29 is 4.74 Å². The number of pyridine rings is 1. The molecule has 0 bridgehead atoms. The van der Waals surface area contributed by atoms with Crippen molar-refractivity contribution in [3.05, 3.63) is 24.0 Å². The van der Waals surface area contributed by atoms with Crippen LogP contribution in [0.2, 0.25) is 0 Å². The van der Waals surface area contributed by atoms with E-state index < -0.39 is 0 Å². The molecular formula is C16H26N2OS. The predicted molar refractivity (Wildman–Crippen MR) is 86.5 cm³/mol. The van der Waals surface area contributed by atoms with Gasteiger partial charge in [0.2, 0.25) is 0 Å². The third-order valence-electron chi connectivity index (χ3n) is 3.81. The maximum atomic E-state index is 5.57. The summed E-state index contributed by atoms with van der Waals surface area (Å²) in [6.07, 6.45) is 7.70. The topological polar surface area (TPSA) is 34.2 Å². The van der Waals surface area contributed by atoms with Crippen LogP contribution in [0.4, 0.5) is 0 Å². The Hall–Kier alpha value is -0.740.